The van der Waals surface area contributed by atoms with Gasteiger partial charge in [0.15, 0.2) is 5.96 Å². The topological polar surface area (TPSA) is 61.8 Å². The SMILES string of the molecule is CCNC(=NCCOc1cccnc1)NC(C)CCCN(CC)CC. The molecule has 0 fully saturated rings. The number of hydrogen-bond donors (Lipinski definition) is 2. The number of pyridine rings is 1. The minimum atomic E-state index is 0.396. The molecule has 6 nitrogen and oxygen atoms in total. The predicted octanol–water partition coefficient (Wildman–Crippen LogP) is 2.53. The van der Waals surface area contributed by atoms with Crippen LogP contribution in [0.25, 0.3) is 0 Å². The molecular formula is C19H35N5O. The van der Waals surface area contributed by atoms with E-state index in [1.54, 1.807) is 12.4 Å². The molecule has 1 aromatic rings. The number of rotatable bonds is 12. The summed E-state index contributed by atoms with van der Waals surface area (Å²) in [6.07, 6.45) is 5.78. The number of hydrogen-bond acceptors (Lipinski definition) is 4. The van der Waals surface area contributed by atoms with E-state index in [1.165, 1.54) is 6.42 Å². The molecule has 2 N–H and O–H groups in total. The highest BCUT2D eigenvalue weighted by Crippen LogP contribution is 2.05. The minimum Gasteiger partial charge on any atom is -0.490 e. The number of guanidine groups is 1. The van der Waals surface area contributed by atoms with E-state index in [4.69, 9.17) is 4.74 Å². The van der Waals surface area contributed by atoms with Crippen molar-refractivity contribution in [1.82, 2.24) is 20.5 Å². The van der Waals surface area contributed by atoms with E-state index in [9.17, 15) is 0 Å². The second kappa shape index (κ2) is 13.5. The molecule has 0 aromatic carbocycles. The van der Waals surface area contributed by atoms with Gasteiger partial charge in [0.05, 0.1) is 12.7 Å². The van der Waals surface area contributed by atoms with E-state index < -0.39 is 0 Å². The van der Waals surface area contributed by atoms with Gasteiger partial charge in [0.2, 0.25) is 0 Å². The molecular weight excluding hydrogens is 314 g/mol. The summed E-state index contributed by atoms with van der Waals surface area (Å²) in [5.74, 6) is 1.63. The number of aliphatic imine (C=N–C) groups is 1. The van der Waals surface area contributed by atoms with Crippen molar-refractivity contribution in [2.24, 2.45) is 4.99 Å². The fourth-order valence-electron chi connectivity index (χ4n) is 2.54. The van der Waals surface area contributed by atoms with Gasteiger partial charge in [-0.3, -0.25) is 4.98 Å². The van der Waals surface area contributed by atoms with Crippen LogP contribution < -0.4 is 15.4 Å². The Kier molecular flexibility index (Phi) is 11.4. The second-order valence-electron chi connectivity index (χ2n) is 6.01. The highest BCUT2D eigenvalue weighted by molar-refractivity contribution is 5.80. The van der Waals surface area contributed by atoms with E-state index in [1.807, 2.05) is 12.1 Å². The molecule has 0 spiro atoms. The first-order chi connectivity index (χ1) is 12.2. The minimum absolute atomic E-state index is 0.396. The first kappa shape index (κ1) is 21.2. The maximum Gasteiger partial charge on any atom is 0.191 e. The quantitative estimate of drug-likeness (QED) is 0.345. The Bertz CT molecular complexity index is 462. The van der Waals surface area contributed by atoms with Crippen molar-refractivity contribution in [2.45, 2.75) is 46.6 Å². The molecule has 0 aliphatic carbocycles. The van der Waals surface area contributed by atoms with Crippen molar-refractivity contribution in [1.29, 1.82) is 0 Å². The molecule has 0 aliphatic heterocycles. The average molecular weight is 350 g/mol. The summed E-state index contributed by atoms with van der Waals surface area (Å²) >= 11 is 0. The maximum atomic E-state index is 5.62. The normalized spacial score (nSPS) is 12.9. The summed E-state index contributed by atoms with van der Waals surface area (Å²) in [4.78, 5) is 11.1. The fraction of sp³-hybridized carbons (Fsp3) is 0.684. The van der Waals surface area contributed by atoms with Crippen LogP contribution in [0.5, 0.6) is 5.75 Å². The van der Waals surface area contributed by atoms with Gasteiger partial charge in [-0.25, -0.2) is 4.99 Å². The third-order valence-corrected chi connectivity index (χ3v) is 4.00. The molecule has 6 heteroatoms. The van der Waals surface area contributed by atoms with Crippen LogP contribution in [0.15, 0.2) is 29.5 Å². The van der Waals surface area contributed by atoms with Gasteiger partial charge in [-0.2, -0.15) is 0 Å². The van der Waals surface area contributed by atoms with Crippen LogP contribution in [0.3, 0.4) is 0 Å². The smallest absolute Gasteiger partial charge is 0.191 e. The van der Waals surface area contributed by atoms with Crippen LogP contribution in [-0.4, -0.2) is 61.2 Å². The Labute approximate surface area is 153 Å². The van der Waals surface area contributed by atoms with Crippen LogP contribution in [-0.2, 0) is 0 Å². The number of nitrogens with zero attached hydrogens (tertiary/aromatic N) is 3. The van der Waals surface area contributed by atoms with Crippen molar-refractivity contribution in [3.8, 4) is 5.75 Å². The van der Waals surface area contributed by atoms with Crippen molar-refractivity contribution in [3.63, 3.8) is 0 Å². The predicted molar refractivity (Wildman–Crippen MR) is 105 cm³/mol. The summed E-state index contributed by atoms with van der Waals surface area (Å²) in [7, 11) is 0. The summed E-state index contributed by atoms with van der Waals surface area (Å²) in [5.41, 5.74) is 0. The van der Waals surface area contributed by atoms with Crippen LogP contribution in [0.2, 0.25) is 0 Å². The molecule has 1 atom stereocenters. The number of aromatic nitrogens is 1. The molecule has 0 amide bonds. The third-order valence-electron chi connectivity index (χ3n) is 4.00. The van der Waals surface area contributed by atoms with Gasteiger partial charge in [-0.15, -0.1) is 0 Å². The highest BCUT2D eigenvalue weighted by atomic mass is 16.5. The summed E-state index contributed by atoms with van der Waals surface area (Å²) < 4.78 is 5.62. The monoisotopic (exact) mass is 349 g/mol. The first-order valence-corrected chi connectivity index (χ1v) is 9.49. The molecule has 1 unspecified atom stereocenters. The van der Waals surface area contributed by atoms with E-state index in [-0.39, 0.29) is 0 Å². The molecule has 142 valence electrons. The zero-order valence-corrected chi connectivity index (χ0v) is 16.3. The average Bonchev–Trinajstić information content (AvgIpc) is 2.63. The molecule has 1 rings (SSSR count). The van der Waals surface area contributed by atoms with Crippen molar-refractivity contribution in [2.75, 3.05) is 39.3 Å². The molecule has 0 bridgehead atoms. The van der Waals surface area contributed by atoms with Gasteiger partial charge in [-0.1, -0.05) is 13.8 Å². The molecule has 1 aromatic heterocycles. The van der Waals surface area contributed by atoms with Crippen molar-refractivity contribution >= 4 is 5.96 Å². The van der Waals surface area contributed by atoms with Gasteiger partial charge in [0.25, 0.3) is 0 Å². The van der Waals surface area contributed by atoms with E-state index >= 15 is 0 Å². The lowest BCUT2D eigenvalue weighted by Crippen LogP contribution is -2.42. The molecule has 0 aliphatic rings. The largest absolute Gasteiger partial charge is 0.490 e. The second-order valence-corrected chi connectivity index (χ2v) is 6.01. The molecule has 25 heavy (non-hydrogen) atoms. The first-order valence-electron chi connectivity index (χ1n) is 9.49. The van der Waals surface area contributed by atoms with Crippen molar-refractivity contribution in [3.05, 3.63) is 24.5 Å². The Balaban J connectivity index is 2.31. The van der Waals surface area contributed by atoms with Crippen LogP contribution in [0.4, 0.5) is 0 Å². The Morgan fingerprint density at radius 1 is 1.32 bits per heavy atom. The number of ether oxygens (including phenoxy) is 1. The highest BCUT2D eigenvalue weighted by Gasteiger charge is 2.06. The summed E-state index contributed by atoms with van der Waals surface area (Å²) in [6, 6.07) is 4.16. The standard InChI is InChI=1S/C19H35N5O/c1-5-21-19(22-13-15-25-18-11-8-12-20-16-18)23-17(4)10-9-14-24(6-2)7-3/h8,11-12,16-17H,5-7,9-10,13-15H2,1-4H3,(H2,21,22,23). The lowest BCUT2D eigenvalue weighted by Gasteiger charge is -2.21. The van der Waals surface area contributed by atoms with Gasteiger partial charge in [0, 0.05) is 18.8 Å². The molecule has 0 saturated carbocycles. The molecule has 0 radical (unpaired) electrons. The Morgan fingerprint density at radius 2 is 2.12 bits per heavy atom. The Morgan fingerprint density at radius 3 is 2.76 bits per heavy atom. The van der Waals surface area contributed by atoms with Gasteiger partial charge >= 0.3 is 0 Å². The fourth-order valence-corrected chi connectivity index (χ4v) is 2.54. The van der Waals surface area contributed by atoms with Gasteiger partial charge < -0.3 is 20.3 Å². The van der Waals surface area contributed by atoms with Crippen LogP contribution in [0, 0.1) is 0 Å². The van der Waals surface area contributed by atoms with E-state index in [0.717, 1.165) is 44.3 Å². The lowest BCUT2D eigenvalue weighted by molar-refractivity contribution is 0.292. The van der Waals surface area contributed by atoms with Crippen molar-refractivity contribution < 1.29 is 4.74 Å². The Hall–Kier alpha value is -1.82. The van der Waals surface area contributed by atoms with Gasteiger partial charge in [0.1, 0.15) is 12.4 Å². The van der Waals surface area contributed by atoms with Crippen LogP contribution in [0.1, 0.15) is 40.5 Å². The van der Waals surface area contributed by atoms with Crippen LogP contribution >= 0.6 is 0 Å². The zero-order chi connectivity index (χ0) is 18.3. The van der Waals surface area contributed by atoms with E-state index in [2.05, 4.69) is 53.2 Å². The maximum absolute atomic E-state index is 5.62. The number of nitrogens with one attached hydrogen (secondary N) is 2. The summed E-state index contributed by atoms with van der Waals surface area (Å²) in [5, 5.41) is 6.77. The lowest BCUT2D eigenvalue weighted by atomic mass is 10.2. The third kappa shape index (κ3) is 9.92. The zero-order valence-electron chi connectivity index (χ0n) is 16.3. The van der Waals surface area contributed by atoms with E-state index in [0.29, 0.717) is 19.2 Å². The summed E-state index contributed by atoms with van der Waals surface area (Å²) in [6.45, 7) is 14.1. The molecule has 1 heterocycles. The molecule has 0 saturated heterocycles. The van der Waals surface area contributed by atoms with Gasteiger partial charge in [-0.05, 0) is 58.5 Å².